The first-order chi connectivity index (χ1) is 14.0. The van der Waals surface area contributed by atoms with Crippen LogP contribution in [0.1, 0.15) is 52.5 Å². The molecule has 29 heavy (non-hydrogen) atoms. The summed E-state index contributed by atoms with van der Waals surface area (Å²) in [5.74, 6) is 0.832. The zero-order valence-electron chi connectivity index (χ0n) is 16.8. The number of nitrogens with zero attached hydrogens (tertiary/aromatic N) is 4. The van der Waals surface area contributed by atoms with Crippen molar-refractivity contribution in [3.63, 3.8) is 0 Å². The van der Waals surface area contributed by atoms with Crippen LogP contribution in [0, 0.1) is 0 Å². The average molecular weight is 387 g/mol. The molecule has 2 N–H and O–H groups in total. The van der Waals surface area contributed by atoms with Crippen molar-refractivity contribution in [3.05, 3.63) is 76.9 Å². The Kier molecular flexibility index (Phi) is 5.25. The number of rotatable bonds is 5. The van der Waals surface area contributed by atoms with E-state index in [-0.39, 0.29) is 5.78 Å². The second-order valence-corrected chi connectivity index (χ2v) is 7.80. The van der Waals surface area contributed by atoms with Gasteiger partial charge in [-0.3, -0.25) is 9.78 Å². The molecule has 0 amide bonds. The zero-order chi connectivity index (χ0) is 20.4. The standard InChI is InChI=1S/C23H25N5O/c1-15(2)17-5-3-4-16(8-17)9-22(29)18-10-20(13-25-11-18)28-7-6-21-19(14-28)12-26-23(24)27-21/h3-5,8,10-13,15H,6-7,9,14H2,1-2H3,(H2,24,26,27). The smallest absolute Gasteiger partial charge is 0.220 e. The van der Waals surface area contributed by atoms with Crippen LogP contribution in [-0.2, 0) is 19.4 Å². The van der Waals surface area contributed by atoms with Crippen molar-refractivity contribution in [3.8, 4) is 0 Å². The average Bonchev–Trinajstić information content (AvgIpc) is 2.73. The lowest BCUT2D eigenvalue weighted by molar-refractivity contribution is 0.0992. The Bertz CT molecular complexity index is 1050. The maximum atomic E-state index is 12.9. The number of fused-ring (bicyclic) bond motifs is 1. The lowest BCUT2D eigenvalue weighted by Gasteiger charge is -2.29. The van der Waals surface area contributed by atoms with Crippen molar-refractivity contribution >= 4 is 17.4 Å². The van der Waals surface area contributed by atoms with Crippen molar-refractivity contribution in [1.29, 1.82) is 0 Å². The van der Waals surface area contributed by atoms with Gasteiger partial charge in [0.05, 0.1) is 17.6 Å². The molecule has 6 heteroatoms. The largest absolute Gasteiger partial charge is 0.368 e. The summed E-state index contributed by atoms with van der Waals surface area (Å²) in [4.78, 5) is 27.8. The summed E-state index contributed by atoms with van der Waals surface area (Å²) < 4.78 is 0. The highest BCUT2D eigenvalue weighted by Gasteiger charge is 2.20. The number of carbonyl (C=O) groups excluding carboxylic acids is 1. The molecule has 0 spiro atoms. The fraction of sp³-hybridized carbons (Fsp3) is 0.304. The molecule has 1 aliphatic rings. The van der Waals surface area contributed by atoms with Crippen molar-refractivity contribution in [2.24, 2.45) is 0 Å². The van der Waals surface area contributed by atoms with Gasteiger partial charge in [-0.2, -0.15) is 0 Å². The van der Waals surface area contributed by atoms with Gasteiger partial charge in [0.1, 0.15) is 0 Å². The maximum Gasteiger partial charge on any atom is 0.220 e. The van der Waals surface area contributed by atoms with Crippen LogP contribution >= 0.6 is 0 Å². The minimum absolute atomic E-state index is 0.0776. The molecule has 3 aromatic rings. The number of hydrogen-bond acceptors (Lipinski definition) is 6. The number of benzene rings is 1. The fourth-order valence-corrected chi connectivity index (χ4v) is 3.65. The molecule has 1 aromatic carbocycles. The molecule has 0 aliphatic carbocycles. The van der Waals surface area contributed by atoms with Gasteiger partial charge < -0.3 is 10.6 Å². The summed E-state index contributed by atoms with van der Waals surface area (Å²) in [6.07, 6.45) is 6.41. The first-order valence-electron chi connectivity index (χ1n) is 9.92. The van der Waals surface area contributed by atoms with E-state index in [0.29, 0.717) is 30.4 Å². The summed E-state index contributed by atoms with van der Waals surface area (Å²) in [5.41, 5.74) is 11.6. The minimum atomic E-state index is 0.0776. The van der Waals surface area contributed by atoms with Crippen LogP contribution in [-0.4, -0.2) is 27.3 Å². The van der Waals surface area contributed by atoms with E-state index in [1.807, 2.05) is 18.2 Å². The Balaban J connectivity index is 1.51. The second-order valence-electron chi connectivity index (χ2n) is 7.80. The number of nitrogen functional groups attached to an aromatic ring is 1. The van der Waals surface area contributed by atoms with E-state index in [2.05, 4.69) is 45.8 Å². The molecule has 1 aliphatic heterocycles. The second kappa shape index (κ2) is 7.99. The molecule has 0 saturated heterocycles. The van der Waals surface area contributed by atoms with E-state index in [4.69, 9.17) is 5.73 Å². The molecule has 0 bridgehead atoms. The van der Waals surface area contributed by atoms with Crippen molar-refractivity contribution in [1.82, 2.24) is 15.0 Å². The molecule has 6 nitrogen and oxygen atoms in total. The van der Waals surface area contributed by atoms with Gasteiger partial charge in [-0.1, -0.05) is 38.1 Å². The Morgan fingerprint density at radius 2 is 2.07 bits per heavy atom. The molecule has 148 valence electrons. The summed E-state index contributed by atoms with van der Waals surface area (Å²) in [6, 6.07) is 10.2. The molecular weight excluding hydrogens is 362 g/mol. The van der Waals surface area contributed by atoms with Gasteiger partial charge in [-0.25, -0.2) is 9.97 Å². The normalized spacial score (nSPS) is 13.4. The van der Waals surface area contributed by atoms with Gasteiger partial charge in [0.15, 0.2) is 5.78 Å². The zero-order valence-corrected chi connectivity index (χ0v) is 16.8. The predicted octanol–water partition coefficient (Wildman–Crippen LogP) is 3.57. The first-order valence-corrected chi connectivity index (χ1v) is 9.92. The summed E-state index contributed by atoms with van der Waals surface area (Å²) in [7, 11) is 0. The highest BCUT2D eigenvalue weighted by Crippen LogP contribution is 2.24. The van der Waals surface area contributed by atoms with Crippen LogP contribution in [0.15, 0.2) is 48.9 Å². The first kappa shape index (κ1) is 19.1. The predicted molar refractivity (Wildman–Crippen MR) is 114 cm³/mol. The Morgan fingerprint density at radius 3 is 2.90 bits per heavy atom. The molecule has 4 rings (SSSR count). The monoisotopic (exact) mass is 387 g/mol. The van der Waals surface area contributed by atoms with E-state index in [1.165, 1.54) is 5.56 Å². The number of pyridine rings is 1. The van der Waals surface area contributed by atoms with Gasteiger partial charge >= 0.3 is 0 Å². The van der Waals surface area contributed by atoms with Crippen molar-refractivity contribution in [2.45, 2.75) is 39.2 Å². The van der Waals surface area contributed by atoms with E-state index in [9.17, 15) is 4.79 Å². The topological polar surface area (TPSA) is 85.0 Å². The number of carbonyl (C=O) groups is 1. The van der Waals surface area contributed by atoms with Crippen molar-refractivity contribution in [2.75, 3.05) is 17.2 Å². The number of nitrogens with two attached hydrogens (primary N) is 1. The summed E-state index contributed by atoms with van der Waals surface area (Å²) in [5, 5.41) is 0. The third kappa shape index (κ3) is 4.26. The van der Waals surface area contributed by atoms with E-state index in [1.54, 1.807) is 18.6 Å². The quantitative estimate of drug-likeness (QED) is 0.674. The molecule has 0 unspecified atom stereocenters. The Morgan fingerprint density at radius 1 is 1.21 bits per heavy atom. The van der Waals surface area contributed by atoms with Crippen molar-refractivity contribution < 1.29 is 4.79 Å². The van der Waals surface area contributed by atoms with Gasteiger partial charge in [-0.05, 0) is 23.1 Å². The van der Waals surface area contributed by atoms with Gasteiger partial charge in [0.2, 0.25) is 5.95 Å². The highest BCUT2D eigenvalue weighted by molar-refractivity contribution is 5.98. The molecule has 3 heterocycles. The summed E-state index contributed by atoms with van der Waals surface area (Å²) >= 11 is 0. The highest BCUT2D eigenvalue weighted by atomic mass is 16.1. The minimum Gasteiger partial charge on any atom is -0.368 e. The van der Waals surface area contributed by atoms with E-state index >= 15 is 0 Å². The fourth-order valence-electron chi connectivity index (χ4n) is 3.65. The van der Waals surface area contributed by atoms with Gasteiger partial charge in [0.25, 0.3) is 0 Å². The van der Waals surface area contributed by atoms with E-state index in [0.717, 1.165) is 35.5 Å². The Hall–Kier alpha value is -3.28. The summed E-state index contributed by atoms with van der Waals surface area (Å²) in [6.45, 7) is 5.81. The van der Waals surface area contributed by atoms with Crippen LogP contribution in [0.4, 0.5) is 11.6 Å². The van der Waals surface area contributed by atoms with Gasteiger partial charge in [0, 0.05) is 49.5 Å². The number of anilines is 2. The number of ketones is 1. The van der Waals surface area contributed by atoms with Crippen LogP contribution in [0.5, 0.6) is 0 Å². The molecule has 0 atom stereocenters. The molecule has 0 radical (unpaired) electrons. The third-order valence-electron chi connectivity index (χ3n) is 5.35. The van der Waals surface area contributed by atoms with Crippen LogP contribution in [0.3, 0.4) is 0 Å². The number of aromatic nitrogens is 3. The number of hydrogen-bond donors (Lipinski definition) is 1. The number of Topliss-reactive ketones (excluding diaryl/α,β-unsaturated/α-hetero) is 1. The van der Waals surface area contributed by atoms with Crippen LogP contribution in [0.2, 0.25) is 0 Å². The third-order valence-corrected chi connectivity index (χ3v) is 5.35. The lowest BCUT2D eigenvalue weighted by Crippen LogP contribution is -2.31. The van der Waals surface area contributed by atoms with Crippen LogP contribution < -0.4 is 10.6 Å². The Labute approximate surface area is 170 Å². The molecule has 0 saturated carbocycles. The van der Waals surface area contributed by atoms with Gasteiger partial charge in [-0.15, -0.1) is 0 Å². The maximum absolute atomic E-state index is 12.9. The lowest BCUT2D eigenvalue weighted by atomic mass is 9.97. The molecular formula is C23H25N5O. The SMILES string of the molecule is CC(C)c1cccc(CC(=O)c2cncc(N3CCc4nc(N)ncc4C3)c2)c1. The van der Waals surface area contributed by atoms with Crippen LogP contribution in [0.25, 0.3) is 0 Å². The molecule has 2 aromatic heterocycles. The molecule has 0 fully saturated rings. The van der Waals surface area contributed by atoms with E-state index < -0.39 is 0 Å².